The highest BCUT2D eigenvalue weighted by atomic mass is 32.1. The van der Waals surface area contributed by atoms with E-state index in [9.17, 15) is 4.79 Å². The molecule has 1 amide bonds. The van der Waals surface area contributed by atoms with Gasteiger partial charge in [-0.15, -0.1) is 11.3 Å². The number of fused-ring (bicyclic) bond motifs is 1. The minimum atomic E-state index is 0.0854. The van der Waals surface area contributed by atoms with Gasteiger partial charge in [-0.25, -0.2) is 4.98 Å². The fourth-order valence-corrected chi connectivity index (χ4v) is 7.15. The second-order valence-corrected chi connectivity index (χ2v) is 11.1. The molecule has 0 radical (unpaired) electrons. The number of thiazole rings is 1. The first-order chi connectivity index (χ1) is 13.6. The summed E-state index contributed by atoms with van der Waals surface area (Å²) in [6, 6.07) is 3.54. The van der Waals surface area contributed by atoms with Gasteiger partial charge in [0.25, 0.3) is 5.91 Å². The number of nitrogens with one attached hydrogen (secondary N) is 1. The topological polar surface area (TPSA) is 57.7 Å². The molecule has 1 N–H and O–H groups in total. The number of amides is 1. The number of thiophene rings is 1. The van der Waals surface area contributed by atoms with Crippen molar-refractivity contribution in [2.24, 2.45) is 5.41 Å². The van der Waals surface area contributed by atoms with Crippen molar-refractivity contribution in [3.05, 3.63) is 10.9 Å². The van der Waals surface area contributed by atoms with Crippen LogP contribution < -0.4 is 10.2 Å². The molecule has 1 atom stereocenters. The van der Waals surface area contributed by atoms with Crippen LogP contribution >= 0.6 is 22.7 Å². The summed E-state index contributed by atoms with van der Waals surface area (Å²) in [5, 5.41) is 4.31. The zero-order chi connectivity index (χ0) is 18.9. The molecular weight excluding hydrogens is 392 g/mol. The van der Waals surface area contributed by atoms with Gasteiger partial charge in [-0.3, -0.25) is 9.69 Å². The number of anilines is 1. The zero-order valence-electron chi connectivity index (χ0n) is 16.1. The van der Waals surface area contributed by atoms with Crippen LogP contribution in [0.5, 0.6) is 0 Å². The second kappa shape index (κ2) is 6.39. The highest BCUT2D eigenvalue weighted by Gasteiger charge is 2.53. The van der Waals surface area contributed by atoms with Crippen molar-refractivity contribution in [3.8, 4) is 0 Å². The molecule has 6 nitrogen and oxygen atoms in total. The Kier molecular flexibility index (Phi) is 4.02. The molecule has 2 saturated heterocycles. The lowest BCUT2D eigenvalue weighted by molar-refractivity contribution is -0.0792. The monoisotopic (exact) mass is 418 g/mol. The number of hydrogen-bond acceptors (Lipinski definition) is 7. The summed E-state index contributed by atoms with van der Waals surface area (Å²) in [6.07, 6.45) is 5.08. The molecule has 2 aromatic heterocycles. The summed E-state index contributed by atoms with van der Waals surface area (Å²) in [5.74, 6) is 0.0854. The van der Waals surface area contributed by atoms with Crippen LogP contribution in [0.1, 0.15) is 42.3 Å². The van der Waals surface area contributed by atoms with Gasteiger partial charge in [0.05, 0.1) is 28.8 Å². The Morgan fingerprint density at radius 1 is 1.29 bits per heavy atom. The maximum Gasteiger partial charge on any atom is 0.261 e. The third-order valence-corrected chi connectivity index (χ3v) is 9.21. The molecule has 28 heavy (non-hydrogen) atoms. The normalized spacial score (nSPS) is 27.8. The molecule has 0 unspecified atom stereocenters. The number of nitrogens with zero attached hydrogens (tertiary/aromatic N) is 3. The van der Waals surface area contributed by atoms with E-state index in [1.807, 2.05) is 6.07 Å². The number of carbonyl (C=O) groups is 1. The molecule has 6 rings (SSSR count). The van der Waals surface area contributed by atoms with Crippen LogP contribution in [0.25, 0.3) is 9.53 Å². The van der Waals surface area contributed by atoms with Crippen LogP contribution in [0.2, 0.25) is 0 Å². The molecule has 8 heteroatoms. The zero-order valence-corrected chi connectivity index (χ0v) is 17.8. The predicted octanol–water partition coefficient (Wildman–Crippen LogP) is 2.94. The highest BCUT2D eigenvalue weighted by Crippen LogP contribution is 2.60. The molecule has 2 aliphatic heterocycles. The first-order valence-electron chi connectivity index (χ1n) is 10.4. The molecule has 0 bridgehead atoms. The molecule has 150 valence electrons. The lowest BCUT2D eigenvalue weighted by Gasteiger charge is -2.46. The van der Waals surface area contributed by atoms with Gasteiger partial charge in [0.15, 0.2) is 5.13 Å². The summed E-state index contributed by atoms with van der Waals surface area (Å²) in [5.41, 5.74) is 0.622. The Morgan fingerprint density at radius 2 is 2.11 bits per heavy atom. The van der Waals surface area contributed by atoms with E-state index < -0.39 is 0 Å². The number of rotatable bonds is 4. The number of ether oxygens (including phenoxy) is 1. The van der Waals surface area contributed by atoms with Gasteiger partial charge in [0.1, 0.15) is 4.83 Å². The summed E-state index contributed by atoms with van der Waals surface area (Å²) in [7, 11) is 0. The van der Waals surface area contributed by atoms with Gasteiger partial charge < -0.3 is 15.0 Å². The molecule has 2 aromatic rings. The van der Waals surface area contributed by atoms with E-state index in [-0.39, 0.29) is 5.91 Å². The maximum atomic E-state index is 12.6. The van der Waals surface area contributed by atoms with Crippen molar-refractivity contribution in [2.75, 3.05) is 37.7 Å². The Morgan fingerprint density at radius 3 is 2.75 bits per heavy atom. The van der Waals surface area contributed by atoms with Crippen molar-refractivity contribution in [3.63, 3.8) is 0 Å². The Hall–Kier alpha value is -1.22. The van der Waals surface area contributed by atoms with Crippen LogP contribution in [0.15, 0.2) is 6.07 Å². The highest BCUT2D eigenvalue weighted by molar-refractivity contribution is 7.29. The van der Waals surface area contributed by atoms with Gasteiger partial charge in [-0.05, 0) is 44.1 Å². The number of carbonyl (C=O) groups excluding carboxylic acids is 1. The summed E-state index contributed by atoms with van der Waals surface area (Å²) in [4.78, 5) is 24.2. The van der Waals surface area contributed by atoms with E-state index >= 15 is 0 Å². The number of hydrogen-bond donors (Lipinski definition) is 1. The SMILES string of the molecule is C[C@@H]1CN(c2nc3sc(C(=O)NC4CC5(CC5)C4)cc3s2)CCN1C1COC1. The first kappa shape index (κ1) is 17.6. The second-order valence-electron chi connectivity index (χ2n) is 9.08. The predicted molar refractivity (Wildman–Crippen MR) is 113 cm³/mol. The minimum absolute atomic E-state index is 0.0854. The van der Waals surface area contributed by atoms with Crippen LogP contribution in [-0.4, -0.2) is 66.8 Å². The van der Waals surface area contributed by atoms with Gasteiger partial charge in [0.2, 0.25) is 0 Å². The molecule has 4 fully saturated rings. The van der Waals surface area contributed by atoms with E-state index in [1.165, 1.54) is 37.0 Å². The summed E-state index contributed by atoms with van der Waals surface area (Å²) < 4.78 is 6.50. The van der Waals surface area contributed by atoms with Gasteiger partial charge >= 0.3 is 0 Å². The smallest absolute Gasteiger partial charge is 0.261 e. The third-order valence-electron chi connectivity index (χ3n) is 6.99. The van der Waals surface area contributed by atoms with Crippen molar-refractivity contribution >= 4 is 43.2 Å². The molecule has 2 saturated carbocycles. The van der Waals surface area contributed by atoms with Crippen LogP contribution in [-0.2, 0) is 4.74 Å². The van der Waals surface area contributed by atoms with Crippen molar-refractivity contribution in [1.29, 1.82) is 0 Å². The van der Waals surface area contributed by atoms with E-state index in [4.69, 9.17) is 9.72 Å². The van der Waals surface area contributed by atoms with Crippen LogP contribution in [0.4, 0.5) is 5.13 Å². The molecule has 1 spiro atoms. The van der Waals surface area contributed by atoms with Crippen molar-refractivity contribution in [2.45, 2.75) is 50.7 Å². The quantitative estimate of drug-likeness (QED) is 0.827. The molecular formula is C20H26N4O2S2. The first-order valence-corrected chi connectivity index (χ1v) is 12.0. The summed E-state index contributed by atoms with van der Waals surface area (Å²) >= 11 is 3.26. The fourth-order valence-electron chi connectivity index (χ4n) is 5.00. The van der Waals surface area contributed by atoms with E-state index in [0.717, 1.165) is 52.4 Å². The maximum absolute atomic E-state index is 12.6. The Balaban J connectivity index is 1.11. The lowest BCUT2D eigenvalue weighted by atomic mass is 9.77. The fraction of sp³-hybridized carbons (Fsp3) is 0.700. The van der Waals surface area contributed by atoms with E-state index in [2.05, 4.69) is 22.0 Å². The van der Waals surface area contributed by atoms with Crippen LogP contribution in [0.3, 0.4) is 0 Å². The average Bonchev–Trinajstić information content (AvgIpc) is 3.13. The van der Waals surface area contributed by atoms with Gasteiger partial charge in [-0.2, -0.15) is 0 Å². The Labute approximate surface area is 172 Å². The van der Waals surface area contributed by atoms with Gasteiger partial charge in [0, 0.05) is 31.7 Å². The molecule has 4 heterocycles. The van der Waals surface area contributed by atoms with E-state index in [0.29, 0.717) is 23.5 Å². The molecule has 2 aliphatic carbocycles. The molecule has 4 aliphatic rings. The number of piperazine rings is 1. The number of aromatic nitrogens is 1. The molecule has 0 aromatic carbocycles. The van der Waals surface area contributed by atoms with Crippen LogP contribution in [0, 0.1) is 5.41 Å². The average molecular weight is 419 g/mol. The minimum Gasteiger partial charge on any atom is -0.378 e. The van der Waals surface area contributed by atoms with E-state index in [1.54, 1.807) is 11.3 Å². The van der Waals surface area contributed by atoms with Crippen molar-refractivity contribution < 1.29 is 9.53 Å². The summed E-state index contributed by atoms with van der Waals surface area (Å²) in [6.45, 7) is 7.15. The van der Waals surface area contributed by atoms with Crippen molar-refractivity contribution in [1.82, 2.24) is 15.2 Å². The van der Waals surface area contributed by atoms with Gasteiger partial charge in [-0.1, -0.05) is 11.3 Å². The Bertz CT molecular complexity index is 877. The third kappa shape index (κ3) is 2.96. The largest absolute Gasteiger partial charge is 0.378 e. The lowest BCUT2D eigenvalue weighted by Crippen LogP contribution is -2.60. The standard InChI is InChI=1S/C20H26N4O2S2/c1-12-9-23(4-5-24(12)14-10-26-11-14)19-22-18-16(28-19)6-15(27-18)17(25)21-13-7-20(8-13)2-3-20/h6,12-14H,2-5,7-11H2,1H3,(H,21,25)/t12-/m1/s1.